The minimum absolute atomic E-state index is 0.301. The van der Waals surface area contributed by atoms with Crippen LogP contribution in [0.3, 0.4) is 0 Å². The van der Waals surface area contributed by atoms with Crippen LogP contribution in [0.1, 0.15) is 16.7 Å². The molecule has 4 heteroatoms. The summed E-state index contributed by atoms with van der Waals surface area (Å²) in [5, 5.41) is 0. The summed E-state index contributed by atoms with van der Waals surface area (Å²) in [6, 6.07) is 12.0. The molecule has 1 aromatic heterocycles. The maximum Gasteiger partial charge on any atom is 0.420 e. The Hall–Kier alpha value is -1.56. The first-order valence-electron chi connectivity index (χ1n) is 6.40. The number of aromatic nitrogens is 1. The van der Waals surface area contributed by atoms with Gasteiger partial charge in [0, 0.05) is 3.57 Å². The third-order valence-corrected chi connectivity index (χ3v) is 4.26. The van der Waals surface area contributed by atoms with Gasteiger partial charge in [-0.25, -0.2) is 4.79 Å². The number of aryl methyl sites for hydroxylation is 2. The summed E-state index contributed by atoms with van der Waals surface area (Å²) in [4.78, 5) is 12.1. The van der Waals surface area contributed by atoms with Gasteiger partial charge in [0.05, 0.1) is 12.1 Å². The highest BCUT2D eigenvalue weighted by Gasteiger charge is 2.12. The molecule has 0 N–H and O–H groups in total. The maximum atomic E-state index is 12.1. The van der Waals surface area contributed by atoms with E-state index in [1.807, 2.05) is 24.3 Å². The van der Waals surface area contributed by atoms with Gasteiger partial charge in [0.15, 0.2) is 5.58 Å². The van der Waals surface area contributed by atoms with Gasteiger partial charge in [0.2, 0.25) is 0 Å². The summed E-state index contributed by atoms with van der Waals surface area (Å²) in [5.74, 6) is -0.301. The van der Waals surface area contributed by atoms with Gasteiger partial charge < -0.3 is 4.42 Å². The molecular weight excluding hydrogens is 365 g/mol. The molecule has 102 valence electrons. The van der Waals surface area contributed by atoms with Crippen molar-refractivity contribution in [2.75, 3.05) is 0 Å². The molecule has 3 aromatic rings. The number of hydrogen-bond donors (Lipinski definition) is 0. The van der Waals surface area contributed by atoms with Crippen LogP contribution in [0.25, 0.3) is 11.1 Å². The Morgan fingerprint density at radius 1 is 1.15 bits per heavy atom. The van der Waals surface area contributed by atoms with Gasteiger partial charge in [-0.1, -0.05) is 18.2 Å². The van der Waals surface area contributed by atoms with E-state index in [9.17, 15) is 4.79 Å². The number of nitrogens with zero attached hydrogens (tertiary/aromatic N) is 1. The lowest BCUT2D eigenvalue weighted by atomic mass is 10.0. The highest BCUT2D eigenvalue weighted by atomic mass is 127. The first kappa shape index (κ1) is 13.4. The monoisotopic (exact) mass is 379 g/mol. The van der Waals surface area contributed by atoms with Crippen LogP contribution in [0.2, 0.25) is 0 Å². The number of rotatable bonds is 2. The van der Waals surface area contributed by atoms with Crippen LogP contribution in [0.15, 0.2) is 45.6 Å². The van der Waals surface area contributed by atoms with E-state index in [-0.39, 0.29) is 5.76 Å². The number of benzene rings is 2. The van der Waals surface area contributed by atoms with Crippen LogP contribution in [0.4, 0.5) is 0 Å². The van der Waals surface area contributed by atoms with Gasteiger partial charge in [0.25, 0.3) is 0 Å². The molecule has 0 saturated heterocycles. The summed E-state index contributed by atoms with van der Waals surface area (Å²) in [6.07, 6.45) is 0. The summed E-state index contributed by atoms with van der Waals surface area (Å²) in [7, 11) is 0. The number of halogens is 1. The van der Waals surface area contributed by atoms with Crippen LogP contribution in [0.5, 0.6) is 0 Å². The molecule has 20 heavy (non-hydrogen) atoms. The SMILES string of the molecule is Cc1cccc(C)c1Cn1c(=O)oc2cc(I)ccc21. The predicted molar refractivity (Wildman–Crippen MR) is 88.2 cm³/mol. The predicted octanol–water partition coefficient (Wildman–Crippen LogP) is 3.86. The van der Waals surface area contributed by atoms with Crippen LogP contribution in [-0.4, -0.2) is 4.57 Å². The highest BCUT2D eigenvalue weighted by Crippen LogP contribution is 2.20. The van der Waals surface area contributed by atoms with E-state index in [4.69, 9.17) is 4.42 Å². The molecule has 2 aromatic carbocycles. The van der Waals surface area contributed by atoms with E-state index in [0.29, 0.717) is 12.1 Å². The molecule has 0 aliphatic rings. The molecule has 0 fully saturated rings. The molecule has 0 saturated carbocycles. The molecule has 0 unspecified atom stereocenters. The Morgan fingerprint density at radius 3 is 2.55 bits per heavy atom. The van der Waals surface area contributed by atoms with Gasteiger partial charge in [0.1, 0.15) is 0 Å². The standard InChI is InChI=1S/C16H14INO2/c1-10-4-3-5-11(2)13(10)9-18-14-7-6-12(17)8-15(14)20-16(18)19/h3-8H,9H2,1-2H3. The van der Waals surface area contributed by atoms with Crippen LogP contribution in [0, 0.1) is 17.4 Å². The summed E-state index contributed by atoms with van der Waals surface area (Å²) < 4.78 is 8.09. The zero-order valence-electron chi connectivity index (χ0n) is 11.3. The van der Waals surface area contributed by atoms with Gasteiger partial charge >= 0.3 is 5.76 Å². The van der Waals surface area contributed by atoms with E-state index in [2.05, 4.69) is 48.6 Å². The van der Waals surface area contributed by atoms with E-state index < -0.39 is 0 Å². The first-order chi connectivity index (χ1) is 9.56. The second-order valence-electron chi connectivity index (χ2n) is 4.94. The van der Waals surface area contributed by atoms with Crippen molar-refractivity contribution < 1.29 is 4.42 Å². The van der Waals surface area contributed by atoms with Crippen LogP contribution in [-0.2, 0) is 6.54 Å². The zero-order valence-corrected chi connectivity index (χ0v) is 13.5. The molecule has 0 aliphatic heterocycles. The van der Waals surface area contributed by atoms with Crippen molar-refractivity contribution in [2.24, 2.45) is 0 Å². The lowest BCUT2D eigenvalue weighted by molar-refractivity contribution is 0.517. The fraction of sp³-hybridized carbons (Fsp3) is 0.188. The third kappa shape index (κ3) is 2.28. The van der Waals surface area contributed by atoms with Gasteiger partial charge in [-0.05, 0) is 71.3 Å². The van der Waals surface area contributed by atoms with Gasteiger partial charge in [-0.15, -0.1) is 0 Å². The topological polar surface area (TPSA) is 35.1 Å². The normalized spacial score (nSPS) is 11.2. The molecule has 0 bridgehead atoms. The Morgan fingerprint density at radius 2 is 1.85 bits per heavy atom. The number of hydrogen-bond acceptors (Lipinski definition) is 2. The highest BCUT2D eigenvalue weighted by molar-refractivity contribution is 14.1. The second-order valence-corrected chi connectivity index (χ2v) is 6.18. The van der Waals surface area contributed by atoms with Crippen molar-refractivity contribution in [2.45, 2.75) is 20.4 Å². The average Bonchev–Trinajstić information content (AvgIpc) is 2.69. The second kappa shape index (κ2) is 5.09. The quantitative estimate of drug-likeness (QED) is 0.634. The Kier molecular flexibility index (Phi) is 3.41. The first-order valence-corrected chi connectivity index (χ1v) is 7.48. The van der Waals surface area contributed by atoms with Crippen molar-refractivity contribution >= 4 is 33.7 Å². The molecule has 0 spiro atoms. The summed E-state index contributed by atoms with van der Waals surface area (Å²) >= 11 is 2.21. The smallest absolute Gasteiger partial charge is 0.408 e. The third-order valence-electron chi connectivity index (χ3n) is 3.59. The Labute approximate surface area is 130 Å². The maximum absolute atomic E-state index is 12.1. The van der Waals surface area contributed by atoms with Crippen LogP contribution >= 0.6 is 22.6 Å². The Balaban J connectivity index is 2.16. The van der Waals surface area contributed by atoms with Crippen molar-refractivity contribution in [3.8, 4) is 0 Å². The van der Waals surface area contributed by atoms with E-state index in [0.717, 1.165) is 9.09 Å². The molecule has 0 aliphatic carbocycles. The summed E-state index contributed by atoms with van der Waals surface area (Å²) in [6.45, 7) is 4.68. The minimum atomic E-state index is -0.301. The largest absolute Gasteiger partial charge is 0.420 e. The molecule has 0 radical (unpaired) electrons. The van der Waals surface area contributed by atoms with E-state index in [1.54, 1.807) is 4.57 Å². The molecule has 3 nitrogen and oxygen atoms in total. The molecular formula is C16H14INO2. The lowest BCUT2D eigenvalue weighted by Crippen LogP contribution is -2.16. The zero-order chi connectivity index (χ0) is 14.3. The van der Waals surface area contributed by atoms with Crippen molar-refractivity contribution in [3.05, 3.63) is 67.2 Å². The molecule has 3 rings (SSSR count). The molecule has 0 atom stereocenters. The summed E-state index contributed by atoms with van der Waals surface area (Å²) in [5.41, 5.74) is 5.05. The lowest BCUT2D eigenvalue weighted by Gasteiger charge is -2.10. The fourth-order valence-corrected chi connectivity index (χ4v) is 2.91. The molecule has 1 heterocycles. The van der Waals surface area contributed by atoms with E-state index in [1.165, 1.54) is 16.7 Å². The van der Waals surface area contributed by atoms with Crippen molar-refractivity contribution in [1.82, 2.24) is 4.57 Å². The van der Waals surface area contributed by atoms with Gasteiger partial charge in [-0.3, -0.25) is 4.57 Å². The number of oxazole rings is 1. The molecule has 0 amide bonds. The Bertz CT molecular complexity index is 825. The fourth-order valence-electron chi connectivity index (χ4n) is 2.45. The van der Waals surface area contributed by atoms with Gasteiger partial charge in [-0.2, -0.15) is 0 Å². The van der Waals surface area contributed by atoms with Crippen molar-refractivity contribution in [3.63, 3.8) is 0 Å². The van der Waals surface area contributed by atoms with E-state index >= 15 is 0 Å². The van der Waals surface area contributed by atoms with Crippen molar-refractivity contribution in [1.29, 1.82) is 0 Å². The average molecular weight is 379 g/mol. The van der Waals surface area contributed by atoms with Crippen LogP contribution < -0.4 is 5.76 Å². The minimum Gasteiger partial charge on any atom is -0.408 e. The number of fused-ring (bicyclic) bond motifs is 1.